The molecule has 0 aromatic carbocycles. The van der Waals surface area contributed by atoms with Gasteiger partial charge >= 0.3 is 0 Å². The van der Waals surface area contributed by atoms with Gasteiger partial charge in [-0.2, -0.15) is 23.5 Å². The molecule has 0 amide bonds. The van der Waals surface area contributed by atoms with E-state index < -0.39 is 11.9 Å². The van der Waals surface area contributed by atoms with Crippen molar-refractivity contribution in [3.05, 3.63) is 0 Å². The normalized spacial score (nSPS) is 33.7. The number of ether oxygens (including phenoxy) is 4. The second-order valence-electron chi connectivity index (χ2n) is 8.01. The van der Waals surface area contributed by atoms with Gasteiger partial charge in [0.1, 0.15) is 12.6 Å². The lowest BCUT2D eigenvalue weighted by Crippen LogP contribution is -2.56. The predicted octanol–water partition coefficient (Wildman–Crippen LogP) is 2.43. The van der Waals surface area contributed by atoms with E-state index in [0.717, 1.165) is 24.3 Å². The zero-order valence-corrected chi connectivity index (χ0v) is 18.8. The number of thioether (sulfide) groups is 2. The summed E-state index contributed by atoms with van der Waals surface area (Å²) in [6, 6.07) is 0. The van der Waals surface area contributed by atoms with E-state index in [1.807, 2.05) is 25.6 Å². The summed E-state index contributed by atoms with van der Waals surface area (Å²) in [4.78, 5) is 13.5. The fourth-order valence-corrected chi connectivity index (χ4v) is 7.15. The fraction of sp³-hybridized carbons (Fsp3) is 0.950. The van der Waals surface area contributed by atoms with Crippen molar-refractivity contribution in [2.24, 2.45) is 23.7 Å². The lowest BCUT2D eigenvalue weighted by molar-refractivity contribution is -0.234. The van der Waals surface area contributed by atoms with Crippen LogP contribution in [0, 0.1) is 23.7 Å². The van der Waals surface area contributed by atoms with Crippen LogP contribution in [0.2, 0.25) is 0 Å². The van der Waals surface area contributed by atoms with E-state index in [-0.39, 0.29) is 42.4 Å². The number of aliphatic hydroxyl groups excluding tert-OH is 1. The molecule has 28 heavy (non-hydrogen) atoms. The molecule has 162 valence electrons. The Labute approximate surface area is 176 Å². The monoisotopic (exact) mass is 434 g/mol. The molecular weight excluding hydrogens is 400 g/mol. The van der Waals surface area contributed by atoms with Crippen LogP contribution in [0.3, 0.4) is 0 Å². The van der Waals surface area contributed by atoms with E-state index >= 15 is 0 Å². The molecule has 6 atom stereocenters. The molecule has 0 radical (unpaired) electrons. The van der Waals surface area contributed by atoms with Gasteiger partial charge in [-0.3, -0.25) is 4.79 Å². The van der Waals surface area contributed by atoms with Gasteiger partial charge in [-0.15, -0.1) is 0 Å². The third-order valence-electron chi connectivity index (χ3n) is 6.37. The van der Waals surface area contributed by atoms with E-state index in [9.17, 15) is 9.90 Å². The highest BCUT2D eigenvalue weighted by atomic mass is 32.2. The Balaban J connectivity index is 1.82. The molecule has 6 nitrogen and oxygen atoms in total. The van der Waals surface area contributed by atoms with E-state index in [1.54, 1.807) is 18.9 Å². The largest absolute Gasteiger partial charge is 0.392 e. The summed E-state index contributed by atoms with van der Waals surface area (Å²) >= 11 is 3.60. The minimum atomic E-state index is -0.656. The zero-order valence-electron chi connectivity index (χ0n) is 17.1. The molecule has 3 fully saturated rings. The van der Waals surface area contributed by atoms with Crippen LogP contribution in [-0.2, 0) is 23.7 Å². The minimum absolute atomic E-state index is 0.0297. The molecule has 3 rings (SSSR count). The number of Topliss-reactive ketones (excluding diaryl/α,β-unsaturated/α-hetero) is 1. The van der Waals surface area contributed by atoms with Crippen LogP contribution >= 0.6 is 23.5 Å². The Morgan fingerprint density at radius 1 is 1.21 bits per heavy atom. The van der Waals surface area contributed by atoms with Crippen molar-refractivity contribution in [3.8, 4) is 0 Å². The van der Waals surface area contributed by atoms with Crippen molar-refractivity contribution in [1.82, 2.24) is 0 Å². The highest BCUT2D eigenvalue weighted by molar-refractivity contribution is 7.99. The van der Waals surface area contributed by atoms with E-state index in [1.165, 1.54) is 0 Å². The molecule has 1 N–H and O–H groups in total. The summed E-state index contributed by atoms with van der Waals surface area (Å²) < 4.78 is 23.5. The number of aliphatic hydroxyl groups is 1. The van der Waals surface area contributed by atoms with Gasteiger partial charge in [0.2, 0.25) is 0 Å². The number of hydrogen-bond donors (Lipinski definition) is 1. The van der Waals surface area contributed by atoms with Crippen LogP contribution in [0.5, 0.6) is 0 Å². The third kappa shape index (κ3) is 4.74. The van der Waals surface area contributed by atoms with Crippen molar-refractivity contribution in [3.63, 3.8) is 0 Å². The van der Waals surface area contributed by atoms with E-state index in [2.05, 4.69) is 0 Å². The third-order valence-corrected chi connectivity index (χ3v) is 8.65. The number of rotatable bonds is 8. The van der Waals surface area contributed by atoms with Gasteiger partial charge in [-0.25, -0.2) is 0 Å². The van der Waals surface area contributed by atoms with Gasteiger partial charge in [0, 0.05) is 36.7 Å². The van der Waals surface area contributed by atoms with Crippen molar-refractivity contribution in [2.45, 2.75) is 44.7 Å². The molecule has 0 bridgehead atoms. The first-order valence-electron chi connectivity index (χ1n) is 10.3. The Kier molecular flexibility index (Phi) is 8.54. The number of ketones is 1. The lowest BCUT2D eigenvalue weighted by atomic mass is 9.77. The predicted molar refractivity (Wildman–Crippen MR) is 112 cm³/mol. The molecule has 0 unspecified atom stereocenters. The standard InChI is InChI=1S/C20H34O6S2/c1-4-13(2)17(21)14-9-28-10-15(18(14)22)19(24-12-23-3)16-11-27-8-5-20(16)25-6-7-26-20/h13-17,19,21H,4-12H2,1-3H3/t13-,14+,15-,16-,17+,19+/m0/s1. The first-order chi connectivity index (χ1) is 13.5. The summed E-state index contributed by atoms with van der Waals surface area (Å²) in [7, 11) is 1.60. The summed E-state index contributed by atoms with van der Waals surface area (Å²) in [5, 5.41) is 10.8. The van der Waals surface area contributed by atoms with E-state index in [0.29, 0.717) is 24.7 Å². The average molecular weight is 435 g/mol. The maximum Gasteiger partial charge on any atom is 0.175 e. The van der Waals surface area contributed by atoms with E-state index in [4.69, 9.17) is 18.9 Å². The summed E-state index contributed by atoms with van der Waals surface area (Å²) in [5.41, 5.74) is 0. The van der Waals surface area contributed by atoms with Crippen LogP contribution < -0.4 is 0 Å². The molecule has 3 saturated heterocycles. The van der Waals surface area contributed by atoms with Gasteiger partial charge in [0.25, 0.3) is 0 Å². The van der Waals surface area contributed by atoms with Gasteiger partial charge < -0.3 is 24.1 Å². The zero-order chi connectivity index (χ0) is 20.1. The quantitative estimate of drug-likeness (QED) is 0.584. The molecule has 0 aliphatic carbocycles. The number of methoxy groups -OCH3 is 1. The summed E-state index contributed by atoms with van der Waals surface area (Å²) in [5.74, 6) is 2.10. The highest BCUT2D eigenvalue weighted by Gasteiger charge is 2.54. The first kappa shape index (κ1) is 22.8. The van der Waals surface area contributed by atoms with Crippen molar-refractivity contribution < 1.29 is 28.8 Å². The average Bonchev–Trinajstić information content (AvgIpc) is 3.18. The maximum atomic E-state index is 13.5. The highest BCUT2D eigenvalue weighted by Crippen LogP contribution is 2.45. The topological polar surface area (TPSA) is 74.2 Å². The van der Waals surface area contributed by atoms with Gasteiger partial charge in [-0.1, -0.05) is 20.3 Å². The van der Waals surface area contributed by atoms with Crippen LogP contribution in [0.4, 0.5) is 0 Å². The van der Waals surface area contributed by atoms with Crippen LogP contribution in [-0.4, -0.2) is 79.0 Å². The van der Waals surface area contributed by atoms with Crippen molar-refractivity contribution >= 4 is 29.3 Å². The van der Waals surface area contributed by atoms with Crippen molar-refractivity contribution in [1.29, 1.82) is 0 Å². The molecule has 3 heterocycles. The second kappa shape index (κ2) is 10.5. The van der Waals surface area contributed by atoms with Crippen molar-refractivity contribution in [2.75, 3.05) is 50.1 Å². The minimum Gasteiger partial charge on any atom is -0.392 e. The number of hydrogen-bond acceptors (Lipinski definition) is 8. The number of carbonyl (C=O) groups excluding carboxylic acids is 1. The number of carbonyl (C=O) groups is 1. The SMILES string of the molecule is CC[C@H](C)[C@@H](O)[C@H]1CSC[C@H]([C@@H](OCOC)[C@@H]2CSCCC23OCCO3)C1=O. The summed E-state index contributed by atoms with van der Waals surface area (Å²) in [6.45, 7) is 5.36. The second-order valence-corrected chi connectivity index (χ2v) is 10.2. The van der Waals surface area contributed by atoms with Gasteiger partial charge in [-0.05, 0) is 11.7 Å². The Morgan fingerprint density at radius 3 is 2.61 bits per heavy atom. The fourth-order valence-electron chi connectivity index (χ4n) is 4.49. The lowest BCUT2D eigenvalue weighted by Gasteiger charge is -2.46. The molecule has 0 aromatic rings. The molecule has 0 aromatic heterocycles. The molecule has 3 aliphatic rings. The molecule has 0 saturated carbocycles. The Morgan fingerprint density at radius 2 is 1.93 bits per heavy atom. The molecule has 1 spiro atoms. The first-order valence-corrected chi connectivity index (χ1v) is 12.6. The van der Waals surface area contributed by atoms with Gasteiger partial charge in [0.05, 0.1) is 37.3 Å². The Hall–Kier alpha value is 0.170. The molecule has 8 heteroatoms. The van der Waals surface area contributed by atoms with Crippen LogP contribution in [0.15, 0.2) is 0 Å². The smallest absolute Gasteiger partial charge is 0.175 e. The van der Waals surface area contributed by atoms with Crippen LogP contribution in [0.1, 0.15) is 26.7 Å². The summed E-state index contributed by atoms with van der Waals surface area (Å²) in [6.07, 6.45) is 0.721. The molecular formula is C20H34O6S2. The Bertz CT molecular complexity index is 513. The van der Waals surface area contributed by atoms with Crippen LogP contribution in [0.25, 0.3) is 0 Å². The molecule has 3 aliphatic heterocycles. The van der Waals surface area contributed by atoms with Gasteiger partial charge in [0.15, 0.2) is 5.79 Å². The maximum absolute atomic E-state index is 13.5.